The van der Waals surface area contributed by atoms with Crippen LogP contribution in [-0.4, -0.2) is 32.3 Å². The fourth-order valence-corrected chi connectivity index (χ4v) is 1.82. The minimum absolute atomic E-state index is 0.0340. The summed E-state index contributed by atoms with van der Waals surface area (Å²) in [5.74, 6) is 1.24. The van der Waals surface area contributed by atoms with Crippen molar-refractivity contribution in [3.05, 3.63) is 23.8 Å². The van der Waals surface area contributed by atoms with Gasteiger partial charge in [-0.3, -0.25) is 4.79 Å². The van der Waals surface area contributed by atoms with Gasteiger partial charge < -0.3 is 19.5 Å². The van der Waals surface area contributed by atoms with Gasteiger partial charge in [0.05, 0.1) is 25.9 Å². The van der Waals surface area contributed by atoms with Crippen LogP contribution in [0.15, 0.2) is 18.2 Å². The Hall–Kier alpha value is -1.75. The molecule has 0 heterocycles. The van der Waals surface area contributed by atoms with Crippen LogP contribution in [0, 0.1) is 0 Å². The molecule has 0 fully saturated rings. The van der Waals surface area contributed by atoms with E-state index in [4.69, 9.17) is 14.2 Å². The van der Waals surface area contributed by atoms with Gasteiger partial charge in [0, 0.05) is 11.6 Å². The average molecular weight is 295 g/mol. The molecular weight excluding hydrogens is 270 g/mol. The molecule has 1 N–H and O–H groups in total. The van der Waals surface area contributed by atoms with Crippen molar-refractivity contribution < 1.29 is 19.0 Å². The highest BCUT2D eigenvalue weighted by atomic mass is 16.5. The van der Waals surface area contributed by atoms with Gasteiger partial charge in [-0.15, -0.1) is 0 Å². The topological polar surface area (TPSA) is 56.8 Å². The molecule has 118 valence electrons. The summed E-state index contributed by atoms with van der Waals surface area (Å²) >= 11 is 0. The highest BCUT2D eigenvalue weighted by molar-refractivity contribution is 5.77. The SMILES string of the molecule is COc1ccc(C(C)NC(=O)COC(C)(C)C)c(OC)c1. The molecule has 5 nitrogen and oxygen atoms in total. The maximum atomic E-state index is 11.9. The molecule has 5 heteroatoms. The summed E-state index contributed by atoms with van der Waals surface area (Å²) in [4.78, 5) is 11.9. The molecular formula is C16H25NO4. The first-order chi connectivity index (χ1) is 9.76. The van der Waals surface area contributed by atoms with E-state index >= 15 is 0 Å². The van der Waals surface area contributed by atoms with E-state index in [1.54, 1.807) is 20.3 Å². The lowest BCUT2D eigenvalue weighted by Gasteiger charge is -2.21. The van der Waals surface area contributed by atoms with E-state index in [0.717, 1.165) is 5.56 Å². The van der Waals surface area contributed by atoms with Crippen molar-refractivity contribution in [3.8, 4) is 11.5 Å². The van der Waals surface area contributed by atoms with E-state index in [1.807, 2.05) is 39.8 Å². The highest BCUT2D eigenvalue weighted by Gasteiger charge is 2.17. The molecule has 0 saturated carbocycles. The molecule has 0 aliphatic rings. The maximum Gasteiger partial charge on any atom is 0.246 e. The van der Waals surface area contributed by atoms with Crippen LogP contribution in [0.2, 0.25) is 0 Å². The van der Waals surface area contributed by atoms with Crippen molar-refractivity contribution in [2.75, 3.05) is 20.8 Å². The Kier molecular flexibility index (Phi) is 6.03. The minimum Gasteiger partial charge on any atom is -0.497 e. The van der Waals surface area contributed by atoms with Crippen LogP contribution in [0.1, 0.15) is 39.3 Å². The third-order valence-corrected chi connectivity index (χ3v) is 2.92. The Morgan fingerprint density at radius 1 is 1.24 bits per heavy atom. The van der Waals surface area contributed by atoms with Crippen LogP contribution in [0.4, 0.5) is 0 Å². The Morgan fingerprint density at radius 2 is 1.90 bits per heavy atom. The zero-order valence-corrected chi connectivity index (χ0v) is 13.6. The first-order valence-electron chi connectivity index (χ1n) is 6.92. The maximum absolute atomic E-state index is 11.9. The molecule has 0 aromatic heterocycles. The van der Waals surface area contributed by atoms with E-state index in [0.29, 0.717) is 11.5 Å². The lowest BCUT2D eigenvalue weighted by Crippen LogP contribution is -2.33. The molecule has 1 rings (SSSR count). The Balaban J connectivity index is 2.71. The van der Waals surface area contributed by atoms with E-state index < -0.39 is 0 Å². The van der Waals surface area contributed by atoms with Crippen LogP contribution in [0.3, 0.4) is 0 Å². The fraction of sp³-hybridized carbons (Fsp3) is 0.562. The molecule has 0 aliphatic heterocycles. The molecule has 1 amide bonds. The van der Waals surface area contributed by atoms with Crippen molar-refractivity contribution in [1.29, 1.82) is 0 Å². The molecule has 21 heavy (non-hydrogen) atoms. The van der Waals surface area contributed by atoms with Crippen LogP contribution >= 0.6 is 0 Å². The summed E-state index contributed by atoms with van der Waals surface area (Å²) < 4.78 is 16.0. The molecule has 0 radical (unpaired) electrons. The molecule has 1 aromatic rings. The van der Waals surface area contributed by atoms with Gasteiger partial charge in [-0.05, 0) is 39.8 Å². The molecule has 1 unspecified atom stereocenters. The van der Waals surface area contributed by atoms with Crippen LogP contribution < -0.4 is 14.8 Å². The standard InChI is InChI=1S/C16H25NO4/c1-11(17-15(18)10-21-16(2,3)4)13-8-7-12(19-5)9-14(13)20-6/h7-9,11H,10H2,1-6H3,(H,17,18). The Morgan fingerprint density at radius 3 is 2.43 bits per heavy atom. The monoisotopic (exact) mass is 295 g/mol. The van der Waals surface area contributed by atoms with Crippen molar-refractivity contribution in [2.24, 2.45) is 0 Å². The number of benzene rings is 1. The van der Waals surface area contributed by atoms with Crippen molar-refractivity contribution in [1.82, 2.24) is 5.32 Å². The van der Waals surface area contributed by atoms with Gasteiger partial charge in [0.2, 0.25) is 5.91 Å². The van der Waals surface area contributed by atoms with Gasteiger partial charge in [0.15, 0.2) is 0 Å². The van der Waals surface area contributed by atoms with Crippen LogP contribution in [0.5, 0.6) is 11.5 Å². The predicted molar refractivity (Wildman–Crippen MR) is 81.8 cm³/mol. The third-order valence-electron chi connectivity index (χ3n) is 2.92. The number of hydrogen-bond donors (Lipinski definition) is 1. The van der Waals surface area contributed by atoms with E-state index in [1.165, 1.54) is 0 Å². The van der Waals surface area contributed by atoms with Gasteiger partial charge in [0.25, 0.3) is 0 Å². The average Bonchev–Trinajstić information content (AvgIpc) is 2.43. The van der Waals surface area contributed by atoms with Crippen molar-refractivity contribution in [3.63, 3.8) is 0 Å². The Labute approximate surface area is 126 Å². The molecule has 1 atom stereocenters. The second-order valence-electron chi connectivity index (χ2n) is 5.80. The number of carbonyl (C=O) groups excluding carboxylic acids is 1. The number of nitrogens with one attached hydrogen (secondary N) is 1. The summed E-state index contributed by atoms with van der Waals surface area (Å²) in [5.41, 5.74) is 0.556. The first kappa shape index (κ1) is 17.3. The summed E-state index contributed by atoms with van der Waals surface area (Å²) in [6, 6.07) is 5.34. The molecule has 0 bridgehead atoms. The molecule has 1 aromatic carbocycles. The van der Waals surface area contributed by atoms with Crippen molar-refractivity contribution in [2.45, 2.75) is 39.3 Å². The third kappa shape index (κ3) is 5.63. The highest BCUT2D eigenvalue weighted by Crippen LogP contribution is 2.29. The quantitative estimate of drug-likeness (QED) is 0.876. The summed E-state index contributed by atoms with van der Waals surface area (Å²) in [6.07, 6.45) is 0. The predicted octanol–water partition coefficient (Wildman–Crippen LogP) is 2.70. The molecule has 0 spiro atoms. The van der Waals surface area contributed by atoms with E-state index in [9.17, 15) is 4.79 Å². The van der Waals surface area contributed by atoms with Gasteiger partial charge in [-0.1, -0.05) is 0 Å². The number of rotatable bonds is 6. The number of ether oxygens (including phenoxy) is 3. The van der Waals surface area contributed by atoms with Crippen LogP contribution in [0.25, 0.3) is 0 Å². The van der Waals surface area contributed by atoms with Gasteiger partial charge in [0.1, 0.15) is 18.1 Å². The molecule has 0 aliphatic carbocycles. The van der Waals surface area contributed by atoms with Gasteiger partial charge >= 0.3 is 0 Å². The number of methoxy groups -OCH3 is 2. The number of carbonyl (C=O) groups is 1. The lowest BCUT2D eigenvalue weighted by atomic mass is 10.1. The Bertz CT molecular complexity index is 480. The summed E-state index contributed by atoms with van der Waals surface area (Å²) in [5, 5.41) is 2.90. The van der Waals surface area contributed by atoms with Crippen molar-refractivity contribution >= 4 is 5.91 Å². The smallest absolute Gasteiger partial charge is 0.246 e. The van der Waals surface area contributed by atoms with E-state index in [2.05, 4.69) is 5.32 Å². The summed E-state index contributed by atoms with van der Waals surface area (Å²) in [7, 11) is 3.19. The zero-order valence-electron chi connectivity index (χ0n) is 13.6. The van der Waals surface area contributed by atoms with Crippen LogP contribution in [-0.2, 0) is 9.53 Å². The normalized spacial score (nSPS) is 12.7. The number of amides is 1. The fourth-order valence-electron chi connectivity index (χ4n) is 1.82. The number of hydrogen-bond acceptors (Lipinski definition) is 4. The first-order valence-corrected chi connectivity index (χ1v) is 6.92. The van der Waals surface area contributed by atoms with Gasteiger partial charge in [-0.25, -0.2) is 0 Å². The largest absolute Gasteiger partial charge is 0.497 e. The summed E-state index contributed by atoms with van der Waals surface area (Å²) in [6.45, 7) is 7.67. The van der Waals surface area contributed by atoms with Gasteiger partial charge in [-0.2, -0.15) is 0 Å². The second-order valence-corrected chi connectivity index (χ2v) is 5.80. The second kappa shape index (κ2) is 7.31. The minimum atomic E-state index is -0.335. The zero-order chi connectivity index (χ0) is 16.0. The molecule has 0 saturated heterocycles. The lowest BCUT2D eigenvalue weighted by molar-refractivity contribution is -0.131. The van der Waals surface area contributed by atoms with E-state index in [-0.39, 0.29) is 24.2 Å².